The Kier molecular flexibility index (Phi) is 30.6. The molecule has 33 rings (SSSR count). The molecule has 30 heterocycles. The second kappa shape index (κ2) is 38.9. The van der Waals surface area contributed by atoms with E-state index in [0.29, 0.717) is 16.6 Å². The number of aliphatic hydroxyl groups excluding tert-OH is 22. The summed E-state index contributed by atoms with van der Waals surface area (Å²) in [5, 5.41) is 253. The van der Waals surface area contributed by atoms with Gasteiger partial charge in [-0.15, -0.1) is 0 Å². The molecule has 16 bridgehead atoms. The summed E-state index contributed by atoms with van der Waals surface area (Å²) < 4.78 is 162. The van der Waals surface area contributed by atoms with E-state index in [4.69, 9.17) is 84.7 Å². The molecule has 23 N–H and O–H groups in total. The van der Waals surface area contributed by atoms with E-state index in [0.717, 1.165) is 12.1 Å². The average Bonchev–Trinajstić information content (AvgIpc) is 0.810. The largest absolute Gasteiger partial charge is 0.462 e. The lowest BCUT2D eigenvalue weighted by atomic mass is 9.94. The molecular weight excluding hydrogens is 1640 g/mol. The number of fused-ring (bicyclic) bond motifs is 1. The van der Waals surface area contributed by atoms with Gasteiger partial charge in [0.1, 0.15) is 208 Å². The van der Waals surface area contributed by atoms with Crippen LogP contribution in [0.15, 0.2) is 70.5 Å². The molecule has 30 saturated heterocycles. The van der Waals surface area contributed by atoms with Crippen molar-refractivity contribution in [3.63, 3.8) is 0 Å². The van der Waals surface area contributed by atoms with Crippen LogP contribution >= 0.6 is 0 Å². The number of aliphatic hydroxyl groups is 22. The number of benzene rings is 3. The highest BCUT2D eigenvalue weighted by molar-refractivity contribution is 7.89. The van der Waals surface area contributed by atoms with Gasteiger partial charge in [0.25, 0.3) is 10.1 Å². The zero-order valence-electron chi connectivity index (χ0n) is 62.7. The quantitative estimate of drug-likeness (QED) is 0.0441. The van der Waals surface area contributed by atoms with Crippen molar-refractivity contribution < 1.29 is 219 Å². The van der Waals surface area contributed by atoms with Gasteiger partial charge >= 0.3 is 5.97 Å². The first-order valence-electron chi connectivity index (χ1n) is 37.3. The van der Waals surface area contributed by atoms with Gasteiger partial charge < -0.3 is 198 Å². The molecule has 0 unspecified atom stereocenters. The van der Waals surface area contributed by atoms with Crippen LogP contribution < -0.4 is 9.62 Å². The van der Waals surface area contributed by atoms with E-state index < -0.39 is 336 Å². The Bertz CT molecular complexity index is 3990. The lowest BCUT2D eigenvalue weighted by Crippen LogP contribution is -2.69. The summed E-state index contributed by atoms with van der Waals surface area (Å²) in [6.07, 6.45) is -88.4. The van der Waals surface area contributed by atoms with Crippen LogP contribution in [0.3, 0.4) is 0 Å². The van der Waals surface area contributed by atoms with Crippen LogP contribution in [0.25, 0.3) is 10.8 Å². The molecule has 0 aliphatic carbocycles. The Morgan fingerprint density at radius 1 is 0.347 bits per heavy atom. The number of hydrogen-bond donors (Lipinski definition) is 23. The van der Waals surface area contributed by atoms with Crippen molar-refractivity contribution in [2.45, 2.75) is 262 Å². The minimum Gasteiger partial charge on any atom is -0.462 e. The number of nitrogens with one attached hydrogen (secondary N) is 1. The molecule has 47 nitrogen and oxygen atoms in total. The molecule has 3 aromatic carbocycles. The van der Waals surface area contributed by atoms with E-state index in [-0.39, 0.29) is 10.3 Å². The molecular formula is C69H100N2O45S2. The molecule has 30 aliphatic rings. The number of hydrogen-bond acceptors (Lipinski definition) is 46. The first kappa shape index (κ1) is 92.7. The molecule has 0 saturated carbocycles. The molecule has 30 aliphatic heterocycles. The fourth-order valence-corrected chi connectivity index (χ4v) is 17.3. The van der Waals surface area contributed by atoms with Crippen molar-refractivity contribution in [2.24, 2.45) is 0 Å². The molecule has 30 fully saturated rings. The molecule has 0 radical (unpaired) electrons. The summed E-state index contributed by atoms with van der Waals surface area (Å²) in [7, 11) is -6.02. The number of esters is 1. The Balaban J connectivity index is 0.854. The van der Waals surface area contributed by atoms with E-state index in [9.17, 15) is 134 Å². The van der Waals surface area contributed by atoms with Crippen molar-refractivity contribution in [1.82, 2.24) is 4.72 Å². The number of carbonyl (C=O) groups excluding carboxylic acids is 1. The zero-order valence-corrected chi connectivity index (χ0v) is 64.4. The second-order valence-corrected chi connectivity index (χ2v) is 33.0. The summed E-state index contributed by atoms with van der Waals surface area (Å²) in [5.41, 5.74) is 1.23. The fraction of sp³-hybridized carbons (Fsp3) is 0.754. The van der Waals surface area contributed by atoms with Gasteiger partial charge in [0.15, 0.2) is 50.3 Å². The van der Waals surface area contributed by atoms with Crippen LogP contribution in [-0.2, 0) is 110 Å². The number of carbonyl (C=O) groups is 1. The molecule has 118 heavy (non-hydrogen) atoms. The highest BCUT2D eigenvalue weighted by Gasteiger charge is 2.61. The monoisotopic (exact) mass is 1740 g/mol. The third-order valence-corrected chi connectivity index (χ3v) is 24.4. The van der Waals surface area contributed by atoms with Crippen LogP contribution in [0, 0.1) is 6.92 Å². The first-order chi connectivity index (χ1) is 56.0. The average molecular weight is 1740 g/mol. The number of rotatable bonds is 17. The summed E-state index contributed by atoms with van der Waals surface area (Å²) in [6.45, 7) is -8.92. The first-order valence-corrected chi connectivity index (χ1v) is 40.2. The maximum atomic E-state index is 14.0. The molecule has 3 aromatic rings. The summed E-state index contributed by atoms with van der Waals surface area (Å²) >= 11 is 0. The van der Waals surface area contributed by atoms with Gasteiger partial charge in [-0.1, -0.05) is 42.0 Å². The van der Waals surface area contributed by atoms with E-state index in [2.05, 4.69) is 4.72 Å². The van der Waals surface area contributed by atoms with Crippen molar-refractivity contribution in [3.05, 3.63) is 66.2 Å². The second-order valence-electron chi connectivity index (χ2n) is 29.7. The lowest BCUT2D eigenvalue weighted by molar-refractivity contribution is -0.404. The molecule has 0 spiro atoms. The highest BCUT2D eigenvalue weighted by atomic mass is 32.2. The van der Waals surface area contributed by atoms with E-state index in [1.165, 1.54) is 30.3 Å². The van der Waals surface area contributed by atoms with Crippen LogP contribution in [0.1, 0.15) is 5.56 Å². The van der Waals surface area contributed by atoms with Crippen molar-refractivity contribution >= 4 is 42.6 Å². The molecule has 668 valence electrons. The summed E-state index contributed by atoms with van der Waals surface area (Å²) in [6, 6.07) is 14.3. The number of sulfonamides is 1. The highest BCUT2D eigenvalue weighted by Crippen LogP contribution is 2.41. The van der Waals surface area contributed by atoms with Gasteiger partial charge in [0.2, 0.25) is 10.0 Å². The van der Waals surface area contributed by atoms with E-state index in [1.807, 2.05) is 0 Å². The Labute approximate surface area is 670 Å². The molecule has 0 amide bonds. The predicted molar refractivity (Wildman–Crippen MR) is 376 cm³/mol. The van der Waals surface area contributed by atoms with Gasteiger partial charge in [0, 0.05) is 30.6 Å². The van der Waals surface area contributed by atoms with Gasteiger partial charge in [-0.2, -0.15) is 13.1 Å². The van der Waals surface area contributed by atoms with Crippen LogP contribution in [-0.4, -0.2) is 454 Å². The molecule has 0 aromatic heterocycles. The topological polar surface area (TPSA) is 712 Å². The maximum Gasteiger partial charge on any atom is 0.321 e. The van der Waals surface area contributed by atoms with E-state index >= 15 is 0 Å². The van der Waals surface area contributed by atoms with Crippen molar-refractivity contribution in [1.29, 1.82) is 0 Å². The SMILES string of the molecule is Cc1ccc(S(=O)(=O)OC[C@H]2O[C@@H]3O[C@H]4[C@H](O)[C@@H](O)[C@@H](O[C@H]5[C@H](O)[C@@H](O)[C@@H](O[C@H]6[C@H](O)[C@@H](O)[C@@H](O[C@H]7[C@H](O)[C@@H](O)[C@@H](O[C@H]8[C@H](O)[C@@H](O)[C@@H](O[C@H]9[C@H](O)[C@@H](O)[C@@H](O[C@H]%10[C@@H](O)[C@H](O)[C@@H](O[C@H]2[C@H](O)[C@H]3O)O[C@@H]%10COC(=O)CNS(=O)(=O)c2cccc3c(N(C)C)cccc23)O[C@@H]9CO)O[C@@H]8CO)O[C@@H]7CO)O[C@H]6CO)O[C@H]5CO)O[C@H]4CO)cc1. The Hall–Kier alpha value is -4.51. The number of anilines is 1. The number of ether oxygens (including phenoxy) is 17. The van der Waals surface area contributed by atoms with Crippen LogP contribution in [0.2, 0.25) is 0 Å². The Morgan fingerprint density at radius 2 is 0.610 bits per heavy atom. The van der Waals surface area contributed by atoms with Crippen LogP contribution in [0.5, 0.6) is 0 Å². The standard InChI is InChI=1S/C69H100N2O45S2/c1-23-10-12-24(13-11-23)118(97,98)100-22-35-61-45(86)53(94)69(108-35)114-59-33(20-77)105-66(50(91)42(59)83)112-57-31(18-75)103-64(48(89)40(57)81)110-55-29(16-73)101-62(46(87)38(55)79)109-54-28(15-72)102-63(47(88)39(54)80)111-56-30(17-74)104-65(49(90)41(56)82)113-58-32(19-76)106-67(51(92)43(58)84)115-60-34(107-68(116-61)52(93)44(60)85)21-99-37(78)14-70-117(95,96)36-9-5-6-25-26(36)7-4-8-27(25)71(2)3/h4-13,28-35,38-70,72-77,79-94H,14-22H2,1-3H3/t28-,29+,30-,31+,32-,33+,34-,35-,38-,39-,40-,41-,42-,43-,44+,45-,46-,47-,48-,49-,50-,51-,52+,53-,54-,55-,56-,57-,58-,59-,60-,61-,62-,63-,64-,65-,66-,67-,68-,69-/m1/s1. The summed E-state index contributed by atoms with van der Waals surface area (Å²) in [4.78, 5) is 14.8. The van der Waals surface area contributed by atoms with Crippen molar-refractivity contribution in [3.8, 4) is 0 Å². The molecule has 40 atom stereocenters. The van der Waals surface area contributed by atoms with Crippen LogP contribution in [0.4, 0.5) is 5.69 Å². The lowest BCUT2D eigenvalue weighted by Gasteiger charge is -2.50. The maximum absolute atomic E-state index is 14.0. The molecule has 49 heteroatoms. The van der Waals surface area contributed by atoms with Gasteiger partial charge in [-0.25, -0.2) is 8.42 Å². The van der Waals surface area contributed by atoms with Crippen molar-refractivity contribution in [2.75, 3.05) is 78.4 Å². The Morgan fingerprint density at radius 3 is 0.898 bits per heavy atom. The predicted octanol–water partition coefficient (Wildman–Crippen LogP) is -13.9. The van der Waals surface area contributed by atoms with E-state index in [1.54, 1.807) is 44.1 Å². The third-order valence-electron chi connectivity index (χ3n) is 21.7. The fourth-order valence-electron chi connectivity index (χ4n) is 15.2. The summed E-state index contributed by atoms with van der Waals surface area (Å²) in [5.74, 6) is -1.38. The third kappa shape index (κ3) is 19.2. The smallest absolute Gasteiger partial charge is 0.321 e. The normalized spacial score (nSPS) is 44.5. The number of aryl methyl sites for hydroxylation is 1. The zero-order chi connectivity index (χ0) is 85.6. The minimum atomic E-state index is -4.87. The van der Waals surface area contributed by atoms with Gasteiger partial charge in [0.05, 0.1) is 56.0 Å². The number of nitrogens with zero attached hydrogens (tertiary/aromatic N) is 1. The van der Waals surface area contributed by atoms with Gasteiger partial charge in [-0.05, 0) is 31.2 Å². The van der Waals surface area contributed by atoms with Gasteiger partial charge in [-0.3, -0.25) is 8.98 Å². The minimum absolute atomic E-state index is 0.243.